The molecule has 1 unspecified atom stereocenters. The van der Waals surface area contributed by atoms with Gasteiger partial charge in [0.25, 0.3) is 5.91 Å². The lowest BCUT2D eigenvalue weighted by Gasteiger charge is -2.39. The molecule has 0 spiro atoms. The van der Waals surface area contributed by atoms with Crippen LogP contribution in [0, 0.1) is 27.7 Å². The van der Waals surface area contributed by atoms with E-state index < -0.39 is 5.60 Å². The molecule has 1 N–H and O–H groups in total. The summed E-state index contributed by atoms with van der Waals surface area (Å²) in [6.07, 6.45) is 2.31. The summed E-state index contributed by atoms with van der Waals surface area (Å²) >= 11 is 1.69. The van der Waals surface area contributed by atoms with E-state index in [0.717, 1.165) is 77.7 Å². The minimum atomic E-state index is -0.866. The van der Waals surface area contributed by atoms with Crippen molar-refractivity contribution in [1.82, 2.24) is 14.8 Å². The van der Waals surface area contributed by atoms with Gasteiger partial charge in [-0.05, 0) is 64.2 Å². The van der Waals surface area contributed by atoms with Gasteiger partial charge in [-0.25, -0.2) is 4.98 Å². The first-order valence-electron chi connectivity index (χ1n) is 11.1. The van der Waals surface area contributed by atoms with Crippen LogP contribution >= 0.6 is 11.3 Å². The molecule has 3 heterocycles. The molecule has 2 aliphatic heterocycles. The topological polar surface area (TPSA) is 65.9 Å². The maximum atomic E-state index is 13.6. The molecule has 1 aromatic heterocycles. The number of carbonyl (C=O) groups excluding carboxylic acids is 1. The molecule has 1 fully saturated rings. The fourth-order valence-corrected chi connectivity index (χ4v) is 5.38. The first kappa shape index (κ1) is 22.1. The van der Waals surface area contributed by atoms with Crippen LogP contribution < -0.4 is 4.74 Å². The molecule has 0 saturated carbocycles. The highest BCUT2D eigenvalue weighted by atomic mass is 32.1. The van der Waals surface area contributed by atoms with Crippen molar-refractivity contribution in [2.24, 2.45) is 0 Å². The number of phenolic OH excluding ortho intramolecular Hbond substituents is 1. The number of rotatable bonds is 3. The summed E-state index contributed by atoms with van der Waals surface area (Å²) in [7, 11) is 0. The second-order valence-corrected chi connectivity index (χ2v) is 10.2. The van der Waals surface area contributed by atoms with Gasteiger partial charge in [0.15, 0.2) is 5.60 Å². The highest BCUT2D eigenvalue weighted by molar-refractivity contribution is 7.09. The second-order valence-electron chi connectivity index (χ2n) is 9.14. The third kappa shape index (κ3) is 4.17. The highest BCUT2D eigenvalue weighted by Crippen LogP contribution is 2.43. The number of aryl methyl sites for hydroxylation is 1. The number of phenols is 1. The van der Waals surface area contributed by atoms with Gasteiger partial charge in [-0.3, -0.25) is 9.69 Å². The van der Waals surface area contributed by atoms with Crippen molar-refractivity contribution in [3.05, 3.63) is 38.3 Å². The summed E-state index contributed by atoms with van der Waals surface area (Å²) in [5, 5.41) is 13.6. The van der Waals surface area contributed by atoms with Crippen molar-refractivity contribution in [1.29, 1.82) is 0 Å². The number of aromatic hydroxyl groups is 1. The number of carbonyl (C=O) groups is 1. The number of hydrogen-bond donors (Lipinski definition) is 1. The maximum Gasteiger partial charge on any atom is 0.266 e. The molecule has 168 valence electrons. The molecule has 2 aromatic rings. The van der Waals surface area contributed by atoms with Crippen LogP contribution in [0.1, 0.15) is 52.7 Å². The minimum absolute atomic E-state index is 0.0762. The first-order valence-corrected chi connectivity index (χ1v) is 12.0. The van der Waals surface area contributed by atoms with Crippen LogP contribution in [0.25, 0.3) is 0 Å². The zero-order valence-electron chi connectivity index (χ0n) is 19.2. The third-order valence-corrected chi connectivity index (χ3v) is 7.72. The van der Waals surface area contributed by atoms with Crippen molar-refractivity contribution in [3.8, 4) is 11.5 Å². The Morgan fingerprint density at radius 1 is 1.16 bits per heavy atom. The quantitative estimate of drug-likeness (QED) is 0.779. The van der Waals surface area contributed by atoms with Crippen molar-refractivity contribution < 1.29 is 14.6 Å². The van der Waals surface area contributed by atoms with E-state index in [2.05, 4.69) is 15.3 Å². The van der Waals surface area contributed by atoms with Crippen LogP contribution in [0.15, 0.2) is 5.38 Å². The van der Waals surface area contributed by atoms with E-state index in [0.29, 0.717) is 18.7 Å². The van der Waals surface area contributed by atoms with E-state index in [-0.39, 0.29) is 5.91 Å². The van der Waals surface area contributed by atoms with Crippen LogP contribution in [0.2, 0.25) is 0 Å². The number of amides is 1. The van der Waals surface area contributed by atoms with Gasteiger partial charge in [0.1, 0.15) is 11.5 Å². The number of ether oxygens (including phenoxy) is 1. The maximum absolute atomic E-state index is 13.6. The molecule has 0 bridgehead atoms. The summed E-state index contributed by atoms with van der Waals surface area (Å²) < 4.78 is 6.42. The molecule has 7 heteroatoms. The van der Waals surface area contributed by atoms with E-state index in [1.54, 1.807) is 11.3 Å². The second kappa shape index (κ2) is 8.43. The Kier molecular flexibility index (Phi) is 6.01. The van der Waals surface area contributed by atoms with Crippen LogP contribution in [-0.2, 0) is 17.8 Å². The number of hydrogen-bond acceptors (Lipinski definition) is 6. The van der Waals surface area contributed by atoms with Gasteiger partial charge in [0, 0.05) is 50.1 Å². The molecule has 1 aromatic carbocycles. The number of nitrogens with zero attached hydrogens (tertiary/aromatic N) is 3. The van der Waals surface area contributed by atoms with Gasteiger partial charge >= 0.3 is 0 Å². The molecule has 31 heavy (non-hydrogen) atoms. The van der Waals surface area contributed by atoms with Crippen LogP contribution in [-0.4, -0.2) is 57.6 Å². The summed E-state index contributed by atoms with van der Waals surface area (Å²) in [6.45, 7) is 13.9. The molecule has 4 rings (SSSR count). The Balaban J connectivity index is 1.47. The first-order chi connectivity index (χ1) is 14.7. The molecule has 1 atom stereocenters. The van der Waals surface area contributed by atoms with E-state index in [1.807, 2.05) is 39.5 Å². The fourth-order valence-electron chi connectivity index (χ4n) is 4.77. The fraction of sp³-hybridized carbons (Fsp3) is 0.583. The van der Waals surface area contributed by atoms with E-state index in [1.165, 1.54) is 0 Å². The van der Waals surface area contributed by atoms with Crippen molar-refractivity contribution in [2.45, 2.75) is 66.0 Å². The number of fused-ring (bicyclic) bond motifs is 1. The van der Waals surface area contributed by atoms with E-state index in [4.69, 9.17) is 4.74 Å². The molecule has 2 aliphatic rings. The molecular weight excluding hydrogens is 410 g/mol. The lowest BCUT2D eigenvalue weighted by molar-refractivity contribution is -0.148. The summed E-state index contributed by atoms with van der Waals surface area (Å²) in [4.78, 5) is 22.5. The summed E-state index contributed by atoms with van der Waals surface area (Å²) in [6, 6.07) is 0. The highest BCUT2D eigenvalue weighted by Gasteiger charge is 2.43. The van der Waals surface area contributed by atoms with Gasteiger partial charge < -0.3 is 14.7 Å². The smallest absolute Gasteiger partial charge is 0.266 e. The number of benzene rings is 1. The van der Waals surface area contributed by atoms with Crippen LogP contribution in [0.3, 0.4) is 0 Å². The van der Waals surface area contributed by atoms with Gasteiger partial charge in [-0.15, -0.1) is 11.3 Å². The van der Waals surface area contributed by atoms with Crippen molar-refractivity contribution in [2.75, 3.05) is 26.2 Å². The molecule has 0 aliphatic carbocycles. The lowest BCUT2D eigenvalue weighted by Crippen LogP contribution is -2.53. The molecular formula is C24H33N3O3S. The zero-order chi connectivity index (χ0) is 22.3. The SMILES string of the molecule is Cc1nc(CN2CCCN(C(=O)C3(C)CCc4c(C)c(O)c(C)c(C)c4O3)CC2)cs1. The minimum Gasteiger partial charge on any atom is -0.507 e. The number of thiazole rings is 1. The monoisotopic (exact) mass is 443 g/mol. The average Bonchev–Trinajstić information content (AvgIpc) is 3.02. The Morgan fingerprint density at radius 3 is 2.65 bits per heavy atom. The Labute approximate surface area is 188 Å². The van der Waals surface area contributed by atoms with Crippen LogP contribution in [0.4, 0.5) is 0 Å². The van der Waals surface area contributed by atoms with Crippen molar-refractivity contribution in [3.63, 3.8) is 0 Å². The summed E-state index contributed by atoms with van der Waals surface area (Å²) in [5.41, 5.74) is 3.91. The predicted molar refractivity (Wildman–Crippen MR) is 123 cm³/mol. The Bertz CT molecular complexity index is 1000. The van der Waals surface area contributed by atoms with Crippen molar-refractivity contribution >= 4 is 17.2 Å². The number of aromatic nitrogens is 1. The Morgan fingerprint density at radius 2 is 1.94 bits per heavy atom. The van der Waals surface area contributed by atoms with Gasteiger partial charge in [-0.2, -0.15) is 0 Å². The average molecular weight is 444 g/mol. The predicted octanol–water partition coefficient (Wildman–Crippen LogP) is 3.90. The van der Waals surface area contributed by atoms with E-state index in [9.17, 15) is 9.90 Å². The van der Waals surface area contributed by atoms with E-state index >= 15 is 0 Å². The molecule has 1 amide bonds. The normalized spacial score (nSPS) is 22.0. The lowest BCUT2D eigenvalue weighted by atomic mass is 9.86. The standard InChI is InChI=1S/C24H33N3O3S/c1-15-16(2)22-20(17(3)21(15)28)7-8-24(5,30-22)23(29)27-10-6-9-26(11-12-27)13-19-14-31-18(4)25-19/h14,28H,6-13H2,1-5H3. The molecule has 6 nitrogen and oxygen atoms in total. The largest absolute Gasteiger partial charge is 0.507 e. The molecule has 0 radical (unpaired) electrons. The Hall–Kier alpha value is -2.12. The van der Waals surface area contributed by atoms with Gasteiger partial charge in [0.2, 0.25) is 0 Å². The van der Waals surface area contributed by atoms with Crippen LogP contribution in [0.5, 0.6) is 11.5 Å². The van der Waals surface area contributed by atoms with Gasteiger partial charge in [0.05, 0.1) is 10.7 Å². The zero-order valence-corrected chi connectivity index (χ0v) is 20.1. The van der Waals surface area contributed by atoms with Gasteiger partial charge in [-0.1, -0.05) is 0 Å². The molecule has 1 saturated heterocycles. The third-order valence-electron chi connectivity index (χ3n) is 6.90. The summed E-state index contributed by atoms with van der Waals surface area (Å²) in [5.74, 6) is 1.20.